The van der Waals surface area contributed by atoms with E-state index in [2.05, 4.69) is 110 Å². The highest BCUT2D eigenvalue weighted by molar-refractivity contribution is 8.00. The maximum absolute atomic E-state index is 13.8. The standard InChI is InChI=1S/C48H81N9O3S/c1-27-29(3)61-42-38(27)39(52-28(2)40-55-54-30(4)57(40)42)33-12-10-31(11-13-33)32-16-18-48(19-17-32)20-21-56(26-48)45-50-24-35(25-51-45)41(58)53-43-46(5,6)44(47(43,7)8)60-36-15-14-34(23-49)37(22-36)59-9/h27-38,40,42-45,50-51,54-55H,10-22,24-26H2,1-9H3,(H,53,58)/t27?,28-,29?,30?,31?,32?,33?,34?,35?,36?,37?,38?,40?,42?,43?,44?,45?,48?/m0/s1. The first-order chi connectivity index (χ1) is 29.1. The van der Waals surface area contributed by atoms with Gasteiger partial charge in [0.1, 0.15) is 6.29 Å². The van der Waals surface area contributed by atoms with Gasteiger partial charge in [-0.1, -0.05) is 41.5 Å². The van der Waals surface area contributed by atoms with Crippen molar-refractivity contribution < 1.29 is 14.3 Å². The van der Waals surface area contributed by atoms with Gasteiger partial charge in [0.15, 0.2) is 0 Å². The molecule has 12 nitrogen and oxygen atoms in total. The van der Waals surface area contributed by atoms with Crippen molar-refractivity contribution in [3.63, 3.8) is 0 Å². The molecule has 9 aliphatic rings. The average molecular weight is 864 g/mol. The third-order valence-electron chi connectivity index (χ3n) is 18.6. The Kier molecular flexibility index (Phi) is 12.8. The van der Waals surface area contributed by atoms with E-state index in [1.165, 1.54) is 64.3 Å². The molecule has 9 rings (SSSR count). The number of hydrogen-bond donors (Lipinski definition) is 5. The fourth-order valence-corrected chi connectivity index (χ4v) is 16.9. The van der Waals surface area contributed by atoms with Gasteiger partial charge >= 0.3 is 0 Å². The largest absolute Gasteiger partial charge is 0.380 e. The zero-order valence-corrected chi connectivity index (χ0v) is 39.9. The number of fused-ring (bicyclic) bond motifs is 3. The van der Waals surface area contributed by atoms with Gasteiger partial charge in [0.05, 0.1) is 60.0 Å². The number of likely N-dealkylation sites (tertiary alicyclic amines) is 1. The highest BCUT2D eigenvalue weighted by Crippen LogP contribution is 2.57. The molecule has 5 N–H and O–H groups in total. The number of thioether (sulfide) groups is 1. The normalized spacial score (nSPS) is 46.2. The van der Waals surface area contributed by atoms with Crippen LogP contribution in [0.25, 0.3) is 0 Å². The molecule has 9 unspecified atom stereocenters. The molecule has 0 aromatic rings. The zero-order valence-electron chi connectivity index (χ0n) is 39.1. The molecule has 5 aliphatic heterocycles. The number of hydrogen-bond acceptors (Lipinski definition) is 12. The van der Waals surface area contributed by atoms with E-state index in [0.717, 1.165) is 37.6 Å². The summed E-state index contributed by atoms with van der Waals surface area (Å²) in [6, 6.07) is 2.71. The summed E-state index contributed by atoms with van der Waals surface area (Å²) in [5, 5.41) is 21.7. The molecule has 4 aliphatic carbocycles. The van der Waals surface area contributed by atoms with Crippen LogP contribution in [0.15, 0.2) is 4.99 Å². The van der Waals surface area contributed by atoms with E-state index >= 15 is 0 Å². The third kappa shape index (κ3) is 8.19. The van der Waals surface area contributed by atoms with Gasteiger partial charge in [-0.2, -0.15) is 5.26 Å². The molecule has 10 atom stereocenters. The van der Waals surface area contributed by atoms with Crippen LogP contribution in [0, 0.1) is 69.0 Å². The molecule has 0 radical (unpaired) electrons. The fraction of sp³-hybridized carbons (Fsp3) is 0.938. The molecule has 1 spiro atoms. The minimum atomic E-state index is -0.194. The molecule has 0 aromatic carbocycles. The van der Waals surface area contributed by atoms with Crippen LogP contribution in [0.3, 0.4) is 0 Å². The van der Waals surface area contributed by atoms with E-state index in [4.69, 9.17) is 14.5 Å². The predicted molar refractivity (Wildman–Crippen MR) is 243 cm³/mol. The summed E-state index contributed by atoms with van der Waals surface area (Å²) in [6.07, 6.45) is 15.5. The van der Waals surface area contributed by atoms with Gasteiger partial charge in [0.2, 0.25) is 5.91 Å². The maximum Gasteiger partial charge on any atom is 0.225 e. The van der Waals surface area contributed by atoms with E-state index in [-0.39, 0.29) is 71.4 Å². The number of carbonyl (C=O) groups excluding carboxylic acids is 1. The average Bonchev–Trinajstić information content (AvgIpc) is 3.92. The Hall–Kier alpha value is -1.34. The van der Waals surface area contributed by atoms with E-state index < -0.39 is 0 Å². The van der Waals surface area contributed by atoms with Gasteiger partial charge in [0.25, 0.3) is 0 Å². The molecule has 61 heavy (non-hydrogen) atoms. The predicted octanol–water partition coefficient (Wildman–Crippen LogP) is 6.05. The molecular formula is C48H81N9O3S. The molecule has 4 saturated heterocycles. The van der Waals surface area contributed by atoms with E-state index in [1.54, 1.807) is 12.8 Å². The second kappa shape index (κ2) is 17.5. The molecule has 13 heteroatoms. The summed E-state index contributed by atoms with van der Waals surface area (Å²) in [6.45, 7) is 22.2. The minimum Gasteiger partial charge on any atom is -0.380 e. The Balaban J connectivity index is 0.717. The van der Waals surface area contributed by atoms with E-state index in [9.17, 15) is 10.1 Å². The molecule has 1 amide bonds. The molecule has 0 aromatic heterocycles. The number of nitrogens with zero attached hydrogens (tertiary/aromatic N) is 4. The van der Waals surface area contributed by atoms with Crippen LogP contribution in [0.4, 0.5) is 0 Å². The van der Waals surface area contributed by atoms with Crippen LogP contribution in [0.5, 0.6) is 0 Å². The van der Waals surface area contributed by atoms with Crippen molar-refractivity contribution in [2.45, 2.75) is 192 Å². The first kappa shape index (κ1) is 44.8. The first-order valence-corrected chi connectivity index (χ1v) is 25.7. The Morgan fingerprint density at radius 3 is 2.28 bits per heavy atom. The lowest BCUT2D eigenvalue weighted by Gasteiger charge is -2.64. The van der Waals surface area contributed by atoms with Gasteiger partial charge in [-0.25, -0.2) is 10.9 Å². The Morgan fingerprint density at radius 1 is 0.918 bits per heavy atom. The Morgan fingerprint density at radius 2 is 1.61 bits per heavy atom. The van der Waals surface area contributed by atoms with Crippen molar-refractivity contribution in [3.05, 3.63) is 0 Å². The summed E-state index contributed by atoms with van der Waals surface area (Å²) >= 11 is 2.20. The number of hydrazine groups is 1. The van der Waals surface area contributed by atoms with Crippen LogP contribution in [0.1, 0.15) is 132 Å². The number of rotatable bonds is 8. The summed E-state index contributed by atoms with van der Waals surface area (Å²) in [5.74, 6) is 3.62. The lowest BCUT2D eigenvalue weighted by molar-refractivity contribution is -0.239. The summed E-state index contributed by atoms with van der Waals surface area (Å²) in [4.78, 5) is 24.8. The molecule has 4 saturated carbocycles. The monoisotopic (exact) mass is 864 g/mol. The van der Waals surface area contributed by atoms with E-state index in [0.29, 0.717) is 53.0 Å². The number of aliphatic imine (C=N–C) groups is 1. The van der Waals surface area contributed by atoms with Gasteiger partial charge in [-0.15, -0.1) is 11.8 Å². The van der Waals surface area contributed by atoms with Gasteiger partial charge in [0, 0.05) is 73.5 Å². The van der Waals surface area contributed by atoms with Crippen LogP contribution >= 0.6 is 11.8 Å². The van der Waals surface area contributed by atoms with Gasteiger partial charge in [-0.05, 0) is 114 Å². The maximum atomic E-state index is 13.8. The Bertz CT molecular complexity index is 1630. The van der Waals surface area contributed by atoms with Crippen molar-refractivity contribution in [2.75, 3.05) is 33.3 Å². The minimum absolute atomic E-state index is 0.0208. The molecular weight excluding hydrogens is 783 g/mol. The lowest BCUT2D eigenvalue weighted by atomic mass is 9.49. The van der Waals surface area contributed by atoms with Crippen molar-refractivity contribution in [3.8, 4) is 6.07 Å². The summed E-state index contributed by atoms with van der Waals surface area (Å²) in [5.41, 5.74) is 8.77. The van der Waals surface area contributed by atoms with Crippen LogP contribution in [-0.2, 0) is 14.3 Å². The topological polar surface area (TPSA) is 138 Å². The fourth-order valence-electron chi connectivity index (χ4n) is 15.0. The number of ether oxygens (including phenoxy) is 2. The number of methoxy groups -OCH3 is 1. The van der Waals surface area contributed by atoms with Crippen molar-refractivity contribution in [2.24, 2.45) is 62.7 Å². The van der Waals surface area contributed by atoms with Crippen LogP contribution in [-0.4, -0.2) is 114 Å². The van der Waals surface area contributed by atoms with E-state index in [1.807, 2.05) is 0 Å². The molecule has 0 bridgehead atoms. The van der Waals surface area contributed by atoms with Gasteiger partial charge < -0.3 is 14.8 Å². The zero-order chi connectivity index (χ0) is 43.0. The number of carbonyl (C=O) groups is 1. The SMILES string of the molecule is COC1CC(OC2C(C)(C)C(NC(=O)C3CNC(N4CCC5(CCC(C6CCC(C7=N[C@@H](C)C8NNC(C)N8C8SC(C)C(C)C78)CC6)CC5)C4)NC3)C2(C)C)CCC1C#N. The molecule has 8 fully saturated rings. The lowest BCUT2D eigenvalue weighted by Crippen LogP contribution is -2.75. The van der Waals surface area contributed by atoms with Crippen molar-refractivity contribution >= 4 is 23.4 Å². The summed E-state index contributed by atoms with van der Waals surface area (Å²) < 4.78 is 12.4. The Labute approximate surface area is 372 Å². The first-order valence-electron chi connectivity index (χ1n) is 24.7. The third-order valence-corrected chi connectivity index (χ3v) is 20.2. The second-order valence-electron chi connectivity index (χ2n) is 22.9. The van der Waals surface area contributed by atoms with Crippen molar-refractivity contribution in [1.29, 1.82) is 5.26 Å². The molecule has 342 valence electrons. The highest BCUT2D eigenvalue weighted by atomic mass is 32.2. The number of amides is 1. The second-order valence-corrected chi connectivity index (χ2v) is 24.4. The number of nitriles is 1. The van der Waals surface area contributed by atoms with Crippen molar-refractivity contribution in [1.82, 2.24) is 36.6 Å². The molecule has 5 heterocycles. The van der Waals surface area contributed by atoms with Crippen LogP contribution in [0.2, 0.25) is 0 Å². The quantitative estimate of drug-likeness (QED) is 0.195. The number of nitrogens with one attached hydrogen (secondary N) is 5. The van der Waals surface area contributed by atoms with Gasteiger partial charge in [-0.3, -0.25) is 30.2 Å². The highest BCUT2D eigenvalue weighted by Gasteiger charge is 2.64. The van der Waals surface area contributed by atoms with Crippen LogP contribution < -0.4 is 26.8 Å². The summed E-state index contributed by atoms with van der Waals surface area (Å²) in [7, 11) is 1.70. The smallest absolute Gasteiger partial charge is 0.225 e.